The zero-order valence-electron chi connectivity index (χ0n) is 14.7. The van der Waals surface area contributed by atoms with Gasteiger partial charge in [-0.2, -0.15) is 0 Å². The summed E-state index contributed by atoms with van der Waals surface area (Å²) in [5, 5.41) is 2.58. The van der Waals surface area contributed by atoms with Crippen molar-refractivity contribution in [3.8, 4) is 0 Å². The first-order chi connectivity index (χ1) is 13.3. The summed E-state index contributed by atoms with van der Waals surface area (Å²) in [6.45, 7) is 0.987. The molecule has 1 amide bonds. The summed E-state index contributed by atoms with van der Waals surface area (Å²) < 4.78 is 0. The minimum Gasteiger partial charge on any atom is -0.349 e. The number of aromatic amines is 1. The molecule has 0 aliphatic rings. The number of carbonyl (C=O) groups is 1. The molecule has 3 aromatic heterocycles. The van der Waals surface area contributed by atoms with Crippen molar-refractivity contribution in [1.82, 2.24) is 25.4 Å². The van der Waals surface area contributed by atoms with Crippen LogP contribution >= 0.6 is 0 Å². The average molecular weight is 357 g/mol. The van der Waals surface area contributed by atoms with Crippen LogP contribution in [0.15, 0.2) is 79.4 Å². The number of H-pyrrole nitrogens is 1. The average Bonchev–Trinajstić information content (AvgIpc) is 3.16. The van der Waals surface area contributed by atoms with E-state index < -0.39 is 0 Å². The topological polar surface area (TPSA) is 73.9 Å². The fourth-order valence-corrected chi connectivity index (χ4v) is 2.89. The number of fused-ring (bicyclic) bond motifs is 1. The van der Waals surface area contributed by atoms with E-state index >= 15 is 0 Å². The van der Waals surface area contributed by atoms with Gasteiger partial charge >= 0.3 is 0 Å². The molecular weight excluding hydrogens is 338 g/mol. The maximum Gasteiger partial charge on any atom is 0.284 e. The van der Waals surface area contributed by atoms with Crippen LogP contribution in [-0.4, -0.2) is 25.9 Å². The van der Waals surface area contributed by atoms with Crippen molar-refractivity contribution in [3.63, 3.8) is 0 Å². The maximum atomic E-state index is 13.1. The first-order valence-corrected chi connectivity index (χ1v) is 8.70. The lowest BCUT2D eigenvalue weighted by atomic mass is 10.2. The first-order valence-electron chi connectivity index (χ1n) is 8.70. The van der Waals surface area contributed by atoms with Crippen LogP contribution in [0.25, 0.3) is 10.9 Å². The van der Waals surface area contributed by atoms with Gasteiger partial charge in [0, 0.05) is 30.5 Å². The summed E-state index contributed by atoms with van der Waals surface area (Å²) in [5.41, 5.74) is 6.72. The summed E-state index contributed by atoms with van der Waals surface area (Å²) >= 11 is 0. The molecule has 4 aromatic rings. The Kier molecular flexibility index (Phi) is 4.89. The number of hydrazine groups is 1. The lowest BCUT2D eigenvalue weighted by molar-refractivity contribution is 0.0628. The number of amides is 1. The largest absolute Gasteiger partial charge is 0.349 e. The van der Waals surface area contributed by atoms with Crippen molar-refractivity contribution in [1.29, 1.82) is 0 Å². The van der Waals surface area contributed by atoms with Gasteiger partial charge in [-0.05, 0) is 35.4 Å². The number of hydrogen-bond donors (Lipinski definition) is 2. The summed E-state index contributed by atoms with van der Waals surface area (Å²) in [7, 11) is 0. The molecule has 0 saturated carbocycles. The zero-order valence-corrected chi connectivity index (χ0v) is 14.7. The van der Waals surface area contributed by atoms with Gasteiger partial charge in [0.05, 0.1) is 18.3 Å². The Morgan fingerprint density at radius 1 is 0.963 bits per heavy atom. The fourth-order valence-electron chi connectivity index (χ4n) is 2.89. The number of benzene rings is 1. The van der Waals surface area contributed by atoms with Crippen molar-refractivity contribution >= 4 is 16.8 Å². The Hall–Kier alpha value is -3.51. The molecule has 0 atom stereocenters. The lowest BCUT2D eigenvalue weighted by Crippen LogP contribution is -2.42. The molecule has 6 heteroatoms. The SMILES string of the molecule is O=C(c1cc2ccncc2[nH]1)N(Cc1ccncc1)NCc1ccccc1. The molecule has 0 fully saturated rings. The summed E-state index contributed by atoms with van der Waals surface area (Å²) in [6, 6.07) is 17.5. The predicted octanol–water partition coefficient (Wildman–Crippen LogP) is 3.31. The van der Waals surface area contributed by atoms with E-state index in [1.807, 2.05) is 54.6 Å². The Balaban J connectivity index is 1.58. The van der Waals surface area contributed by atoms with Gasteiger partial charge in [0.1, 0.15) is 5.69 Å². The number of carbonyl (C=O) groups excluding carboxylic acids is 1. The van der Waals surface area contributed by atoms with Crippen LogP contribution in [0.1, 0.15) is 21.6 Å². The van der Waals surface area contributed by atoms with Crippen LogP contribution in [0.5, 0.6) is 0 Å². The number of hydrogen-bond acceptors (Lipinski definition) is 4. The van der Waals surface area contributed by atoms with Crippen LogP contribution in [0.2, 0.25) is 0 Å². The number of pyridine rings is 2. The molecule has 134 valence electrons. The van der Waals surface area contributed by atoms with E-state index in [9.17, 15) is 4.79 Å². The Bertz CT molecular complexity index is 997. The van der Waals surface area contributed by atoms with Gasteiger partial charge in [-0.3, -0.25) is 19.8 Å². The summed E-state index contributed by atoms with van der Waals surface area (Å²) in [5.74, 6) is -0.126. The third-order valence-corrected chi connectivity index (χ3v) is 4.31. The highest BCUT2D eigenvalue weighted by Crippen LogP contribution is 2.16. The predicted molar refractivity (Wildman–Crippen MR) is 103 cm³/mol. The van der Waals surface area contributed by atoms with Crippen molar-refractivity contribution in [3.05, 3.63) is 96.2 Å². The third kappa shape index (κ3) is 4.02. The molecule has 0 aliphatic heterocycles. The summed E-state index contributed by atoms with van der Waals surface area (Å²) in [6.07, 6.45) is 6.89. The second-order valence-corrected chi connectivity index (χ2v) is 6.21. The second kappa shape index (κ2) is 7.80. The van der Waals surface area contributed by atoms with Crippen LogP contribution in [-0.2, 0) is 13.1 Å². The van der Waals surface area contributed by atoms with Gasteiger partial charge in [-0.15, -0.1) is 0 Å². The van der Waals surface area contributed by atoms with Gasteiger partial charge < -0.3 is 4.98 Å². The van der Waals surface area contributed by atoms with Crippen molar-refractivity contribution in [2.24, 2.45) is 0 Å². The second-order valence-electron chi connectivity index (χ2n) is 6.21. The van der Waals surface area contributed by atoms with Crippen LogP contribution in [0.4, 0.5) is 0 Å². The number of nitrogens with zero attached hydrogens (tertiary/aromatic N) is 3. The Morgan fingerprint density at radius 2 is 1.74 bits per heavy atom. The Labute approximate surface area is 156 Å². The number of aromatic nitrogens is 3. The molecule has 0 spiro atoms. The quantitative estimate of drug-likeness (QED) is 0.519. The van der Waals surface area contributed by atoms with E-state index in [0.717, 1.165) is 22.0 Å². The van der Waals surface area contributed by atoms with Crippen LogP contribution in [0, 0.1) is 0 Å². The van der Waals surface area contributed by atoms with Crippen molar-refractivity contribution < 1.29 is 4.79 Å². The molecule has 0 aliphatic carbocycles. The highest BCUT2D eigenvalue weighted by molar-refractivity contribution is 5.97. The van der Waals surface area contributed by atoms with E-state index in [0.29, 0.717) is 18.8 Å². The molecule has 0 bridgehead atoms. The maximum absolute atomic E-state index is 13.1. The number of nitrogens with one attached hydrogen (secondary N) is 2. The fraction of sp³-hybridized carbons (Fsp3) is 0.0952. The zero-order chi connectivity index (χ0) is 18.5. The normalized spacial score (nSPS) is 10.8. The Morgan fingerprint density at radius 3 is 2.52 bits per heavy atom. The number of rotatable bonds is 6. The van der Waals surface area contributed by atoms with Gasteiger partial charge in [-0.25, -0.2) is 5.43 Å². The lowest BCUT2D eigenvalue weighted by Gasteiger charge is -2.23. The molecule has 4 rings (SSSR count). The van der Waals surface area contributed by atoms with Gasteiger partial charge in [0.2, 0.25) is 0 Å². The molecule has 0 unspecified atom stereocenters. The monoisotopic (exact) mass is 357 g/mol. The van der Waals surface area contributed by atoms with E-state index in [1.54, 1.807) is 29.8 Å². The van der Waals surface area contributed by atoms with Crippen LogP contribution < -0.4 is 5.43 Å². The molecule has 0 radical (unpaired) electrons. The van der Waals surface area contributed by atoms with Crippen LogP contribution in [0.3, 0.4) is 0 Å². The molecule has 6 nitrogen and oxygen atoms in total. The van der Waals surface area contributed by atoms with E-state index in [2.05, 4.69) is 20.4 Å². The first kappa shape index (κ1) is 16.9. The minimum absolute atomic E-state index is 0.126. The molecular formula is C21H19N5O. The van der Waals surface area contributed by atoms with Gasteiger partial charge in [0.25, 0.3) is 5.91 Å². The molecule has 2 N–H and O–H groups in total. The highest BCUT2D eigenvalue weighted by Gasteiger charge is 2.18. The third-order valence-electron chi connectivity index (χ3n) is 4.31. The summed E-state index contributed by atoms with van der Waals surface area (Å²) in [4.78, 5) is 24.4. The molecule has 0 saturated heterocycles. The molecule has 27 heavy (non-hydrogen) atoms. The highest BCUT2D eigenvalue weighted by atomic mass is 16.2. The van der Waals surface area contributed by atoms with Crippen molar-refractivity contribution in [2.75, 3.05) is 0 Å². The van der Waals surface area contributed by atoms with E-state index in [4.69, 9.17) is 0 Å². The van der Waals surface area contributed by atoms with Gasteiger partial charge in [-0.1, -0.05) is 30.3 Å². The smallest absolute Gasteiger partial charge is 0.284 e. The molecule has 1 aromatic carbocycles. The van der Waals surface area contributed by atoms with E-state index in [1.165, 1.54) is 0 Å². The van der Waals surface area contributed by atoms with Crippen molar-refractivity contribution in [2.45, 2.75) is 13.1 Å². The van der Waals surface area contributed by atoms with Gasteiger partial charge in [0.15, 0.2) is 0 Å². The molecule has 3 heterocycles. The minimum atomic E-state index is -0.126. The van der Waals surface area contributed by atoms with E-state index in [-0.39, 0.29) is 5.91 Å². The standard InChI is InChI=1S/C21H19N5O/c27-21(19-12-18-8-11-23-14-20(18)25-19)26(15-17-6-9-22-10-7-17)24-13-16-4-2-1-3-5-16/h1-12,14,24-25H,13,15H2.